The van der Waals surface area contributed by atoms with Crippen LogP contribution in [0.15, 0.2) is 65.6 Å². The van der Waals surface area contributed by atoms with E-state index in [4.69, 9.17) is 11.6 Å². The van der Waals surface area contributed by atoms with Gasteiger partial charge in [0.05, 0.1) is 17.6 Å². The third kappa shape index (κ3) is 2.87. The maximum atomic E-state index is 12.4. The van der Waals surface area contributed by atoms with Crippen molar-refractivity contribution in [2.45, 2.75) is 6.92 Å². The van der Waals surface area contributed by atoms with Crippen molar-refractivity contribution in [2.75, 3.05) is 5.32 Å². The zero-order valence-corrected chi connectivity index (χ0v) is 12.7. The first-order valence-corrected chi connectivity index (χ1v) is 7.20. The molecule has 5 heteroatoms. The van der Waals surface area contributed by atoms with Gasteiger partial charge in [-0.1, -0.05) is 47.5 Å². The van der Waals surface area contributed by atoms with Crippen molar-refractivity contribution in [3.63, 3.8) is 0 Å². The van der Waals surface area contributed by atoms with E-state index in [1.807, 2.05) is 49.4 Å². The Morgan fingerprint density at radius 1 is 1.05 bits per heavy atom. The fraction of sp³-hybridized carbons (Fsp3) is 0.0588. The monoisotopic (exact) mass is 311 g/mol. The minimum Gasteiger partial charge on any atom is -0.353 e. The second kappa shape index (κ2) is 6.03. The first-order chi connectivity index (χ1) is 10.6. The van der Waals surface area contributed by atoms with E-state index in [2.05, 4.69) is 10.4 Å². The van der Waals surface area contributed by atoms with Gasteiger partial charge in [0, 0.05) is 5.69 Å². The number of nitrogens with zero attached hydrogens (tertiary/aromatic N) is 2. The molecule has 1 N–H and O–H groups in total. The van der Waals surface area contributed by atoms with Crippen molar-refractivity contribution in [3.8, 4) is 5.69 Å². The number of benzene rings is 2. The van der Waals surface area contributed by atoms with Crippen molar-refractivity contribution in [3.05, 3.63) is 81.7 Å². The Bertz CT molecular complexity index is 842. The van der Waals surface area contributed by atoms with Gasteiger partial charge < -0.3 is 5.32 Å². The lowest BCUT2D eigenvalue weighted by Gasteiger charge is -2.10. The highest BCUT2D eigenvalue weighted by molar-refractivity contribution is 6.33. The van der Waals surface area contributed by atoms with Crippen molar-refractivity contribution >= 4 is 23.0 Å². The number of rotatable bonds is 3. The molecule has 110 valence electrons. The molecule has 22 heavy (non-hydrogen) atoms. The lowest BCUT2D eigenvalue weighted by Crippen LogP contribution is -2.22. The predicted octanol–water partition coefficient (Wildman–Crippen LogP) is 3.94. The number of aromatic nitrogens is 2. The van der Waals surface area contributed by atoms with Crippen LogP contribution >= 0.6 is 11.6 Å². The Morgan fingerprint density at radius 3 is 2.41 bits per heavy atom. The van der Waals surface area contributed by atoms with E-state index in [0.717, 1.165) is 11.3 Å². The maximum Gasteiger partial charge on any atom is 0.292 e. The lowest BCUT2D eigenvalue weighted by molar-refractivity contribution is 0.809. The second-order valence-electron chi connectivity index (χ2n) is 4.92. The van der Waals surface area contributed by atoms with Crippen molar-refractivity contribution < 1.29 is 0 Å². The Kier molecular flexibility index (Phi) is 3.94. The number of halogens is 1. The van der Waals surface area contributed by atoms with E-state index in [0.29, 0.717) is 11.4 Å². The van der Waals surface area contributed by atoms with E-state index in [-0.39, 0.29) is 10.6 Å². The van der Waals surface area contributed by atoms with Crippen molar-refractivity contribution in [2.24, 2.45) is 0 Å². The molecule has 0 amide bonds. The van der Waals surface area contributed by atoms with E-state index >= 15 is 0 Å². The van der Waals surface area contributed by atoms with Gasteiger partial charge in [0.1, 0.15) is 5.02 Å². The quantitative estimate of drug-likeness (QED) is 0.797. The van der Waals surface area contributed by atoms with Gasteiger partial charge >= 0.3 is 0 Å². The molecular formula is C17H14ClN3O. The van der Waals surface area contributed by atoms with E-state index in [1.54, 1.807) is 18.3 Å². The topological polar surface area (TPSA) is 46.9 Å². The highest BCUT2D eigenvalue weighted by atomic mass is 35.5. The van der Waals surface area contributed by atoms with Crippen LogP contribution in [0.1, 0.15) is 5.56 Å². The molecule has 0 aliphatic heterocycles. The molecular weight excluding hydrogens is 298 g/mol. The summed E-state index contributed by atoms with van der Waals surface area (Å²) >= 11 is 6.19. The molecule has 0 unspecified atom stereocenters. The minimum absolute atomic E-state index is 0.111. The molecule has 4 nitrogen and oxygen atoms in total. The number of hydrogen-bond donors (Lipinski definition) is 1. The predicted molar refractivity (Wildman–Crippen MR) is 89.3 cm³/mol. The van der Waals surface area contributed by atoms with Crippen LogP contribution in [-0.2, 0) is 0 Å². The summed E-state index contributed by atoms with van der Waals surface area (Å²) in [4.78, 5) is 12.4. The van der Waals surface area contributed by atoms with Gasteiger partial charge in [-0.15, -0.1) is 0 Å². The fourth-order valence-electron chi connectivity index (χ4n) is 2.07. The highest BCUT2D eigenvalue weighted by Crippen LogP contribution is 2.22. The molecule has 3 rings (SSSR count). The molecule has 0 atom stereocenters. The third-order valence-electron chi connectivity index (χ3n) is 3.25. The molecule has 1 heterocycles. The Balaban J connectivity index is 1.96. The van der Waals surface area contributed by atoms with Gasteiger partial charge in [0.25, 0.3) is 5.56 Å². The third-order valence-corrected chi connectivity index (χ3v) is 3.62. The van der Waals surface area contributed by atoms with Gasteiger partial charge in [-0.3, -0.25) is 4.79 Å². The van der Waals surface area contributed by atoms with Gasteiger partial charge in [-0.25, -0.2) is 0 Å². The molecule has 0 spiro atoms. The molecule has 0 saturated carbocycles. The second-order valence-corrected chi connectivity index (χ2v) is 5.29. The van der Waals surface area contributed by atoms with Crippen LogP contribution in [0.3, 0.4) is 0 Å². The highest BCUT2D eigenvalue weighted by Gasteiger charge is 2.10. The van der Waals surface area contributed by atoms with Crippen LogP contribution in [0, 0.1) is 6.92 Å². The molecule has 3 aromatic rings. The molecule has 0 aliphatic rings. The van der Waals surface area contributed by atoms with Crippen LogP contribution in [0.5, 0.6) is 0 Å². The summed E-state index contributed by atoms with van der Waals surface area (Å²) in [5, 5.41) is 7.40. The number of nitrogens with one attached hydrogen (secondary N) is 1. The number of hydrogen-bond acceptors (Lipinski definition) is 3. The Morgan fingerprint density at radius 2 is 1.73 bits per heavy atom. The number of aryl methyl sites for hydroxylation is 1. The summed E-state index contributed by atoms with van der Waals surface area (Å²) in [6, 6.07) is 17.0. The SMILES string of the molecule is Cc1ccc(Nc2cnn(-c3ccccc3)c(=O)c2Cl)cc1. The zero-order valence-electron chi connectivity index (χ0n) is 12.0. The molecule has 0 saturated heterocycles. The first-order valence-electron chi connectivity index (χ1n) is 6.82. The Labute approximate surface area is 133 Å². The Hall–Kier alpha value is -2.59. The van der Waals surface area contributed by atoms with Gasteiger partial charge in [-0.05, 0) is 31.2 Å². The summed E-state index contributed by atoms with van der Waals surface area (Å²) in [7, 11) is 0. The maximum absolute atomic E-state index is 12.4. The van der Waals surface area contributed by atoms with E-state index < -0.39 is 0 Å². The molecule has 0 aliphatic carbocycles. The smallest absolute Gasteiger partial charge is 0.292 e. The van der Waals surface area contributed by atoms with Gasteiger partial charge in [0.15, 0.2) is 0 Å². The molecule has 0 radical (unpaired) electrons. The molecule has 0 fully saturated rings. The van der Waals surface area contributed by atoms with Crippen LogP contribution in [-0.4, -0.2) is 9.78 Å². The summed E-state index contributed by atoms with van der Waals surface area (Å²) in [5.41, 5.74) is 2.82. The summed E-state index contributed by atoms with van der Waals surface area (Å²) in [6.07, 6.45) is 1.55. The molecule has 0 bridgehead atoms. The fourth-order valence-corrected chi connectivity index (χ4v) is 2.24. The summed E-state index contributed by atoms with van der Waals surface area (Å²) < 4.78 is 1.28. The average molecular weight is 312 g/mol. The number of anilines is 2. The van der Waals surface area contributed by atoms with Crippen molar-refractivity contribution in [1.82, 2.24) is 9.78 Å². The van der Waals surface area contributed by atoms with Gasteiger partial charge in [-0.2, -0.15) is 9.78 Å². The number of para-hydroxylation sites is 1. The summed E-state index contributed by atoms with van der Waals surface area (Å²) in [5.74, 6) is 0. The van der Waals surface area contributed by atoms with Gasteiger partial charge in [0.2, 0.25) is 0 Å². The lowest BCUT2D eigenvalue weighted by atomic mass is 10.2. The van der Waals surface area contributed by atoms with Crippen molar-refractivity contribution in [1.29, 1.82) is 0 Å². The van der Waals surface area contributed by atoms with Crippen LogP contribution < -0.4 is 10.9 Å². The standard InChI is InChI=1S/C17H14ClN3O/c1-12-7-9-13(10-8-12)20-15-11-19-21(17(22)16(15)18)14-5-3-2-4-6-14/h2-11,20H,1H3. The largest absolute Gasteiger partial charge is 0.353 e. The zero-order chi connectivity index (χ0) is 15.5. The first kappa shape index (κ1) is 14.4. The minimum atomic E-state index is -0.357. The van der Waals surface area contributed by atoms with Crippen LogP contribution in [0.2, 0.25) is 5.02 Å². The van der Waals surface area contributed by atoms with Crippen LogP contribution in [0.25, 0.3) is 5.69 Å². The molecule has 1 aromatic heterocycles. The average Bonchev–Trinajstić information content (AvgIpc) is 2.55. The molecule has 2 aromatic carbocycles. The van der Waals surface area contributed by atoms with Crippen LogP contribution in [0.4, 0.5) is 11.4 Å². The van der Waals surface area contributed by atoms with E-state index in [1.165, 1.54) is 4.68 Å². The normalized spacial score (nSPS) is 10.5. The van der Waals surface area contributed by atoms with E-state index in [9.17, 15) is 4.79 Å². The summed E-state index contributed by atoms with van der Waals surface area (Å²) in [6.45, 7) is 2.01.